The number of aliphatic hydroxyl groups is 1. The lowest BCUT2D eigenvalue weighted by atomic mass is 9.84. The van der Waals surface area contributed by atoms with Gasteiger partial charge in [-0.25, -0.2) is 9.18 Å². The minimum Gasteiger partial charge on any atom is -0.487 e. The molecule has 2 heterocycles. The number of amides is 3. The number of aliphatic hydroxyl groups excluding tert-OH is 1. The first kappa shape index (κ1) is 23.6. The minimum atomic E-state index is -0.538. The Labute approximate surface area is 203 Å². The summed E-state index contributed by atoms with van der Waals surface area (Å²) in [6.45, 7) is -0.207. The molecule has 2 fully saturated rings. The number of ether oxygens (including phenoxy) is 2. The van der Waals surface area contributed by atoms with E-state index in [1.54, 1.807) is 12.1 Å². The lowest BCUT2D eigenvalue weighted by Crippen LogP contribution is -2.47. The van der Waals surface area contributed by atoms with Crippen molar-refractivity contribution in [2.75, 3.05) is 17.2 Å². The van der Waals surface area contributed by atoms with E-state index in [1.807, 2.05) is 6.07 Å². The topological polar surface area (TPSA) is 109 Å². The SMILES string of the molecule is O=C(C[C@H]1C[C@H]2c3cc(NC(=O)Nc4ccc(F)cc4)ccc3O[C@H]2[C@@H](CO)O1)NC1CCCC1. The summed E-state index contributed by atoms with van der Waals surface area (Å²) in [5.41, 5.74) is 1.97. The molecule has 0 spiro atoms. The third-order valence-corrected chi connectivity index (χ3v) is 6.99. The monoisotopic (exact) mass is 483 g/mol. The first-order chi connectivity index (χ1) is 17.0. The van der Waals surface area contributed by atoms with Gasteiger partial charge in [-0.3, -0.25) is 4.79 Å². The van der Waals surface area contributed by atoms with Crippen molar-refractivity contribution in [1.29, 1.82) is 0 Å². The van der Waals surface area contributed by atoms with Gasteiger partial charge in [-0.2, -0.15) is 0 Å². The van der Waals surface area contributed by atoms with Gasteiger partial charge in [0.05, 0.1) is 19.1 Å². The average molecular weight is 484 g/mol. The molecule has 4 atom stereocenters. The maximum atomic E-state index is 13.1. The zero-order valence-corrected chi connectivity index (χ0v) is 19.3. The van der Waals surface area contributed by atoms with Crippen LogP contribution in [0.1, 0.15) is 50.0 Å². The van der Waals surface area contributed by atoms with Crippen molar-refractivity contribution in [2.45, 2.75) is 68.8 Å². The molecule has 4 N–H and O–H groups in total. The van der Waals surface area contributed by atoms with E-state index in [2.05, 4.69) is 16.0 Å². The van der Waals surface area contributed by atoms with Gasteiger partial charge < -0.3 is 30.5 Å². The predicted octanol–water partition coefficient (Wildman–Crippen LogP) is 3.91. The number of hydrogen-bond acceptors (Lipinski definition) is 5. The van der Waals surface area contributed by atoms with Crippen molar-refractivity contribution in [3.05, 3.63) is 53.8 Å². The highest BCUT2D eigenvalue weighted by atomic mass is 19.1. The summed E-state index contributed by atoms with van der Waals surface area (Å²) in [7, 11) is 0. The molecule has 3 amide bonds. The summed E-state index contributed by atoms with van der Waals surface area (Å²) in [6, 6.07) is 10.7. The van der Waals surface area contributed by atoms with Crippen LogP contribution in [0.15, 0.2) is 42.5 Å². The van der Waals surface area contributed by atoms with Crippen LogP contribution in [0.4, 0.5) is 20.6 Å². The summed E-state index contributed by atoms with van der Waals surface area (Å²) < 4.78 is 25.2. The van der Waals surface area contributed by atoms with Crippen molar-refractivity contribution in [1.82, 2.24) is 5.32 Å². The molecule has 2 aromatic rings. The smallest absolute Gasteiger partial charge is 0.323 e. The van der Waals surface area contributed by atoms with E-state index in [-0.39, 0.29) is 48.9 Å². The molecular weight excluding hydrogens is 453 g/mol. The second-order valence-corrected chi connectivity index (χ2v) is 9.50. The zero-order chi connectivity index (χ0) is 24.4. The Morgan fingerprint density at radius 2 is 1.74 bits per heavy atom. The van der Waals surface area contributed by atoms with Gasteiger partial charge in [0.25, 0.3) is 0 Å². The second-order valence-electron chi connectivity index (χ2n) is 9.50. The van der Waals surface area contributed by atoms with Crippen LogP contribution in [0.3, 0.4) is 0 Å². The van der Waals surface area contributed by atoms with Crippen LogP contribution >= 0.6 is 0 Å². The molecule has 1 aliphatic carbocycles. The number of urea groups is 1. The lowest BCUT2D eigenvalue weighted by Gasteiger charge is -2.37. The zero-order valence-electron chi connectivity index (χ0n) is 19.3. The van der Waals surface area contributed by atoms with E-state index < -0.39 is 12.1 Å². The molecule has 1 saturated heterocycles. The first-order valence-corrected chi connectivity index (χ1v) is 12.2. The summed E-state index contributed by atoms with van der Waals surface area (Å²) in [5.74, 6) is 0.213. The van der Waals surface area contributed by atoms with Crippen molar-refractivity contribution < 1.29 is 28.6 Å². The number of carbonyl (C=O) groups is 2. The fourth-order valence-electron chi connectivity index (χ4n) is 5.36. The first-order valence-electron chi connectivity index (χ1n) is 12.2. The third-order valence-electron chi connectivity index (χ3n) is 6.99. The van der Waals surface area contributed by atoms with Crippen LogP contribution in [-0.4, -0.2) is 48.0 Å². The fraction of sp³-hybridized carbons (Fsp3) is 0.462. The van der Waals surface area contributed by atoms with Crippen molar-refractivity contribution >= 4 is 23.3 Å². The van der Waals surface area contributed by atoms with E-state index >= 15 is 0 Å². The Balaban J connectivity index is 1.25. The van der Waals surface area contributed by atoms with Crippen LogP contribution in [-0.2, 0) is 9.53 Å². The van der Waals surface area contributed by atoms with Gasteiger partial charge >= 0.3 is 6.03 Å². The van der Waals surface area contributed by atoms with Gasteiger partial charge in [-0.05, 0) is 61.7 Å². The molecule has 2 aromatic carbocycles. The molecule has 3 aliphatic rings. The van der Waals surface area contributed by atoms with Crippen LogP contribution in [0, 0.1) is 5.82 Å². The minimum absolute atomic E-state index is 0.0240. The Kier molecular flexibility index (Phi) is 6.88. The maximum Gasteiger partial charge on any atom is 0.323 e. The maximum absolute atomic E-state index is 13.1. The summed E-state index contributed by atoms with van der Waals surface area (Å²) in [6.07, 6.45) is 3.93. The van der Waals surface area contributed by atoms with Gasteiger partial charge in [0.2, 0.25) is 5.91 Å². The Morgan fingerprint density at radius 1 is 1.03 bits per heavy atom. The number of carbonyl (C=O) groups excluding carboxylic acids is 2. The molecule has 1 saturated carbocycles. The highest BCUT2D eigenvalue weighted by molar-refractivity contribution is 5.99. The Hall–Kier alpha value is -3.17. The quantitative estimate of drug-likeness (QED) is 0.498. The number of halogens is 1. The molecule has 0 radical (unpaired) electrons. The van der Waals surface area contributed by atoms with E-state index in [9.17, 15) is 19.1 Å². The molecule has 9 heteroatoms. The van der Waals surface area contributed by atoms with Crippen molar-refractivity contribution in [3.63, 3.8) is 0 Å². The number of rotatable bonds is 6. The highest BCUT2D eigenvalue weighted by Gasteiger charge is 2.46. The predicted molar refractivity (Wildman–Crippen MR) is 128 cm³/mol. The molecule has 0 unspecified atom stereocenters. The van der Waals surface area contributed by atoms with E-state index in [0.29, 0.717) is 23.5 Å². The highest BCUT2D eigenvalue weighted by Crippen LogP contribution is 2.47. The van der Waals surface area contributed by atoms with Crippen LogP contribution in [0.5, 0.6) is 5.75 Å². The lowest BCUT2D eigenvalue weighted by molar-refractivity contribution is -0.142. The number of hydrogen-bond donors (Lipinski definition) is 4. The van der Waals surface area contributed by atoms with Gasteiger partial charge in [0.15, 0.2) is 0 Å². The van der Waals surface area contributed by atoms with Gasteiger partial charge in [-0.1, -0.05) is 12.8 Å². The molecule has 186 valence electrons. The number of benzene rings is 2. The van der Waals surface area contributed by atoms with Crippen LogP contribution < -0.4 is 20.7 Å². The summed E-state index contributed by atoms with van der Waals surface area (Å²) in [4.78, 5) is 25.0. The normalized spacial score (nSPS) is 25.3. The average Bonchev–Trinajstić information content (AvgIpc) is 3.47. The molecule has 35 heavy (non-hydrogen) atoms. The van der Waals surface area contributed by atoms with Gasteiger partial charge in [0, 0.05) is 28.9 Å². The molecule has 2 aliphatic heterocycles. The van der Waals surface area contributed by atoms with Gasteiger partial charge in [-0.15, -0.1) is 0 Å². The van der Waals surface area contributed by atoms with E-state index in [4.69, 9.17) is 9.47 Å². The third kappa shape index (κ3) is 5.41. The molecule has 0 aromatic heterocycles. The summed E-state index contributed by atoms with van der Waals surface area (Å²) in [5, 5.41) is 18.5. The number of fused-ring (bicyclic) bond motifs is 3. The fourth-order valence-corrected chi connectivity index (χ4v) is 5.36. The van der Waals surface area contributed by atoms with Crippen molar-refractivity contribution in [2.24, 2.45) is 0 Å². The van der Waals surface area contributed by atoms with E-state index in [1.165, 1.54) is 24.3 Å². The Morgan fingerprint density at radius 3 is 2.49 bits per heavy atom. The summed E-state index contributed by atoms with van der Waals surface area (Å²) >= 11 is 0. The number of nitrogens with one attached hydrogen (secondary N) is 3. The van der Waals surface area contributed by atoms with Crippen LogP contribution in [0.25, 0.3) is 0 Å². The van der Waals surface area contributed by atoms with Gasteiger partial charge in [0.1, 0.15) is 23.8 Å². The molecule has 8 nitrogen and oxygen atoms in total. The largest absolute Gasteiger partial charge is 0.487 e. The van der Waals surface area contributed by atoms with Crippen LogP contribution in [0.2, 0.25) is 0 Å². The molecular formula is C26H30FN3O5. The van der Waals surface area contributed by atoms with Crippen molar-refractivity contribution in [3.8, 4) is 5.75 Å². The number of anilines is 2. The molecule has 0 bridgehead atoms. The Bertz CT molecular complexity index is 1070. The van der Waals surface area contributed by atoms with E-state index in [0.717, 1.165) is 31.2 Å². The second kappa shape index (κ2) is 10.2. The standard InChI is InChI=1S/C26H30FN3O5/c27-15-5-7-17(8-6-15)29-26(33)30-18-9-10-22-20(11-18)21-12-19(34-23(14-31)25(21)35-22)13-24(32)28-16-3-1-2-4-16/h5-11,16,19,21,23,25,31H,1-4,12-14H2,(H,28,32)(H2,29,30,33)/t19-,21+,23-,25-/m1/s1. The molecule has 5 rings (SSSR count).